The number of aryl methyl sites for hydroxylation is 1. The van der Waals surface area contributed by atoms with Gasteiger partial charge in [-0.05, 0) is 105 Å². The van der Waals surface area contributed by atoms with E-state index in [0.717, 1.165) is 48.9 Å². The first kappa shape index (κ1) is 33.5. The number of sulfonamides is 1. The van der Waals surface area contributed by atoms with Crippen LogP contribution in [-0.4, -0.2) is 56.6 Å². The highest BCUT2D eigenvalue weighted by Crippen LogP contribution is 2.45. The van der Waals surface area contributed by atoms with E-state index in [1.165, 1.54) is 0 Å². The fourth-order valence-electron chi connectivity index (χ4n) is 6.66. The molecule has 1 aliphatic carbocycles. The van der Waals surface area contributed by atoms with E-state index < -0.39 is 26.8 Å². The highest BCUT2D eigenvalue weighted by Gasteiger charge is 2.46. The third-order valence-electron chi connectivity index (χ3n) is 9.76. The minimum Gasteiger partial charge on any atom is -0.487 e. The minimum absolute atomic E-state index is 0.0524. The third-order valence-corrected chi connectivity index (χ3v) is 11.9. The van der Waals surface area contributed by atoms with E-state index in [4.69, 9.17) is 21.1 Å². The van der Waals surface area contributed by atoms with Gasteiger partial charge in [0.15, 0.2) is 0 Å². The second-order valence-electron chi connectivity index (χ2n) is 12.8. The standard InChI is InChI=1S/C35H45ClN2O6S/c1-4-18-43-23-35(40)16-7-8-24(2)25(3)45(41,42)37-34(39)27-12-15-33-32(20-27)38(21-28-11-14-31(28)35)17-6-5-9-26-19-30(36)13-10-29(26)22-44-33/h4,7,10,12-13,15-16,19-20,24-25,28,31,40H,1,5-6,8-9,11,14,17-18,21-23H2,2-3H3,(H,37,39)/b16-7+/t24-,25+,28-,31+,35-/m0/s1. The lowest BCUT2D eigenvalue weighted by molar-refractivity contribution is -0.0913. The van der Waals surface area contributed by atoms with Crippen molar-refractivity contribution in [1.82, 2.24) is 4.72 Å². The molecule has 2 heterocycles. The molecule has 0 radical (unpaired) electrons. The number of rotatable bonds is 4. The minimum atomic E-state index is -3.98. The van der Waals surface area contributed by atoms with Crippen molar-refractivity contribution in [2.45, 2.75) is 69.8 Å². The summed E-state index contributed by atoms with van der Waals surface area (Å²) in [4.78, 5) is 15.6. The zero-order valence-electron chi connectivity index (χ0n) is 26.2. The molecule has 3 aliphatic rings. The van der Waals surface area contributed by atoms with Crippen LogP contribution in [0.3, 0.4) is 0 Å². The Morgan fingerprint density at radius 1 is 1.18 bits per heavy atom. The molecule has 2 aromatic rings. The molecule has 45 heavy (non-hydrogen) atoms. The van der Waals surface area contributed by atoms with Crippen LogP contribution < -0.4 is 14.4 Å². The molecule has 10 heteroatoms. The number of ether oxygens (including phenoxy) is 2. The second-order valence-corrected chi connectivity index (χ2v) is 15.3. The molecule has 5 rings (SSSR count). The summed E-state index contributed by atoms with van der Waals surface area (Å²) in [6.07, 6.45) is 10.2. The lowest BCUT2D eigenvalue weighted by Crippen LogP contribution is -2.52. The van der Waals surface area contributed by atoms with Gasteiger partial charge in [0, 0.05) is 23.7 Å². The number of amides is 1. The van der Waals surface area contributed by atoms with Gasteiger partial charge in [0.1, 0.15) is 18.0 Å². The van der Waals surface area contributed by atoms with E-state index in [1.54, 1.807) is 37.3 Å². The number of nitrogens with zero attached hydrogens (tertiary/aromatic N) is 1. The highest BCUT2D eigenvalue weighted by molar-refractivity contribution is 7.90. The molecular formula is C35H45ClN2O6S. The SMILES string of the molecule is C=CCOC[C@@]1(O)/C=C/C[C@H](C)[C@@H](C)S(=O)(=O)NC(=O)c2ccc3c(c2)N(CCCCc2cc(Cl)ccc2CO3)C[C@@H]2CC[C@H]21. The Bertz CT molecular complexity index is 1530. The summed E-state index contributed by atoms with van der Waals surface area (Å²) < 4.78 is 41.1. The topological polar surface area (TPSA) is 105 Å². The Morgan fingerprint density at radius 3 is 2.76 bits per heavy atom. The molecule has 1 fully saturated rings. The number of carbonyl (C=O) groups excluding carboxylic acids is 1. The van der Waals surface area contributed by atoms with Crippen molar-refractivity contribution >= 4 is 33.2 Å². The normalized spacial score (nSPS) is 29.4. The summed E-state index contributed by atoms with van der Waals surface area (Å²) >= 11 is 6.33. The number of benzene rings is 2. The second kappa shape index (κ2) is 14.3. The molecule has 1 saturated carbocycles. The Kier molecular flexibility index (Phi) is 10.6. The molecule has 1 amide bonds. The highest BCUT2D eigenvalue weighted by atomic mass is 35.5. The monoisotopic (exact) mass is 656 g/mol. The van der Waals surface area contributed by atoms with Gasteiger partial charge in [-0.3, -0.25) is 4.79 Å². The van der Waals surface area contributed by atoms with Gasteiger partial charge >= 0.3 is 0 Å². The molecule has 0 aromatic heterocycles. The number of halogens is 1. The number of aliphatic hydroxyl groups is 1. The zero-order chi connectivity index (χ0) is 32.2. The summed E-state index contributed by atoms with van der Waals surface area (Å²) in [7, 11) is -3.98. The molecule has 2 N–H and O–H groups in total. The number of nitrogens with one attached hydrogen (secondary N) is 1. The smallest absolute Gasteiger partial charge is 0.264 e. The van der Waals surface area contributed by atoms with Crippen LogP contribution in [0.2, 0.25) is 5.02 Å². The first-order chi connectivity index (χ1) is 21.5. The molecule has 244 valence electrons. The van der Waals surface area contributed by atoms with Crippen molar-refractivity contribution in [3.8, 4) is 5.75 Å². The number of hydrogen-bond donors (Lipinski definition) is 2. The molecule has 5 atom stereocenters. The van der Waals surface area contributed by atoms with Crippen LogP contribution in [0.1, 0.15) is 67.4 Å². The Hall–Kier alpha value is -2.85. The maximum atomic E-state index is 13.4. The predicted molar refractivity (Wildman–Crippen MR) is 178 cm³/mol. The average molecular weight is 657 g/mol. The van der Waals surface area contributed by atoms with E-state index in [0.29, 0.717) is 43.5 Å². The molecule has 0 saturated heterocycles. The van der Waals surface area contributed by atoms with Crippen LogP contribution in [0.25, 0.3) is 0 Å². The first-order valence-electron chi connectivity index (χ1n) is 15.9. The van der Waals surface area contributed by atoms with E-state index in [1.807, 2.05) is 31.2 Å². The van der Waals surface area contributed by atoms with Crippen LogP contribution in [0.15, 0.2) is 61.2 Å². The third kappa shape index (κ3) is 7.76. The van der Waals surface area contributed by atoms with Gasteiger partial charge in [0.25, 0.3) is 5.91 Å². The summed E-state index contributed by atoms with van der Waals surface area (Å²) in [6.45, 7) is 9.31. The van der Waals surface area contributed by atoms with E-state index >= 15 is 0 Å². The molecule has 2 bridgehead atoms. The van der Waals surface area contributed by atoms with Crippen molar-refractivity contribution in [2.75, 3.05) is 31.2 Å². The summed E-state index contributed by atoms with van der Waals surface area (Å²) in [5.41, 5.74) is 1.98. The Balaban J connectivity index is 1.56. The van der Waals surface area contributed by atoms with Crippen molar-refractivity contribution in [1.29, 1.82) is 0 Å². The molecule has 8 nitrogen and oxygen atoms in total. The average Bonchev–Trinajstić information content (AvgIpc) is 3.01. The maximum Gasteiger partial charge on any atom is 0.264 e. The zero-order valence-corrected chi connectivity index (χ0v) is 27.8. The first-order valence-corrected chi connectivity index (χ1v) is 17.9. The van der Waals surface area contributed by atoms with Gasteiger partial charge in [-0.2, -0.15) is 0 Å². The molecule has 2 aliphatic heterocycles. The number of fused-ring (bicyclic) bond motifs is 3. The number of hydrogen-bond acceptors (Lipinski definition) is 7. The maximum absolute atomic E-state index is 13.4. The molecule has 0 spiro atoms. The lowest BCUT2D eigenvalue weighted by atomic mass is 9.64. The van der Waals surface area contributed by atoms with E-state index in [-0.39, 0.29) is 29.9 Å². The van der Waals surface area contributed by atoms with Gasteiger partial charge in [-0.15, -0.1) is 6.58 Å². The predicted octanol–water partition coefficient (Wildman–Crippen LogP) is 6.07. The number of anilines is 1. The van der Waals surface area contributed by atoms with Crippen LogP contribution in [-0.2, 0) is 27.8 Å². The quantitative estimate of drug-likeness (QED) is 0.304. The van der Waals surface area contributed by atoms with E-state index in [2.05, 4.69) is 16.2 Å². The van der Waals surface area contributed by atoms with Crippen molar-refractivity contribution in [3.05, 3.63) is 82.9 Å². The fourth-order valence-corrected chi connectivity index (χ4v) is 8.14. The summed E-state index contributed by atoms with van der Waals surface area (Å²) in [5, 5.41) is 11.9. The van der Waals surface area contributed by atoms with Gasteiger partial charge in [-0.1, -0.05) is 42.8 Å². The van der Waals surface area contributed by atoms with Crippen LogP contribution in [0.5, 0.6) is 5.75 Å². The van der Waals surface area contributed by atoms with Crippen LogP contribution >= 0.6 is 11.6 Å². The van der Waals surface area contributed by atoms with Crippen molar-refractivity contribution in [2.24, 2.45) is 17.8 Å². The van der Waals surface area contributed by atoms with Gasteiger partial charge < -0.3 is 19.5 Å². The van der Waals surface area contributed by atoms with Crippen molar-refractivity contribution < 1.29 is 27.8 Å². The number of allylic oxidation sites excluding steroid dienone is 1. The fraction of sp³-hybridized carbons (Fsp3) is 0.514. The summed E-state index contributed by atoms with van der Waals surface area (Å²) in [5.74, 6) is -0.236. The molecule has 0 unspecified atom stereocenters. The lowest BCUT2D eigenvalue weighted by Gasteiger charge is -2.48. The van der Waals surface area contributed by atoms with Gasteiger partial charge in [0.2, 0.25) is 10.0 Å². The Morgan fingerprint density at radius 2 is 2.00 bits per heavy atom. The van der Waals surface area contributed by atoms with E-state index in [9.17, 15) is 18.3 Å². The largest absolute Gasteiger partial charge is 0.487 e. The molecule has 2 aromatic carbocycles. The molecular weight excluding hydrogens is 612 g/mol. The van der Waals surface area contributed by atoms with Gasteiger partial charge in [0.05, 0.1) is 24.2 Å². The Labute approximate surface area is 272 Å². The summed E-state index contributed by atoms with van der Waals surface area (Å²) in [6, 6.07) is 11.0. The van der Waals surface area contributed by atoms with Crippen LogP contribution in [0.4, 0.5) is 5.69 Å². The van der Waals surface area contributed by atoms with Crippen molar-refractivity contribution in [3.63, 3.8) is 0 Å². The van der Waals surface area contributed by atoms with Crippen LogP contribution in [0, 0.1) is 17.8 Å². The van der Waals surface area contributed by atoms with Gasteiger partial charge in [-0.25, -0.2) is 13.1 Å². The number of carbonyl (C=O) groups is 1.